The lowest BCUT2D eigenvalue weighted by molar-refractivity contribution is 0.321. The molecule has 2 nitrogen and oxygen atoms in total. The first-order valence-electron chi connectivity index (χ1n) is 6.15. The summed E-state index contributed by atoms with van der Waals surface area (Å²) in [4.78, 5) is 2.54. The molecule has 0 bridgehead atoms. The first kappa shape index (κ1) is 14.5. The minimum atomic E-state index is 0. The summed E-state index contributed by atoms with van der Waals surface area (Å²) in [7, 11) is 2.06. The summed E-state index contributed by atoms with van der Waals surface area (Å²) in [5.41, 5.74) is 4.26. The van der Waals surface area contributed by atoms with E-state index in [0.29, 0.717) is 6.04 Å². The smallest absolute Gasteiger partial charge is 0.0237 e. The number of rotatable bonds is 3. The molecule has 1 fully saturated rings. The summed E-state index contributed by atoms with van der Waals surface area (Å²) < 4.78 is 0. The Morgan fingerprint density at radius 1 is 1.35 bits per heavy atom. The third-order valence-corrected chi connectivity index (χ3v) is 3.58. The van der Waals surface area contributed by atoms with E-state index in [1.54, 1.807) is 0 Å². The molecule has 0 aliphatic carbocycles. The predicted molar refractivity (Wildman–Crippen MR) is 75.9 cm³/mol. The van der Waals surface area contributed by atoms with Gasteiger partial charge in [0, 0.05) is 25.7 Å². The molecule has 0 spiro atoms. The normalized spacial score (nSPS) is 20.3. The van der Waals surface area contributed by atoms with Crippen LogP contribution in [0.1, 0.15) is 23.1 Å². The first-order chi connectivity index (χ1) is 7.69. The minimum Gasteiger partial charge on any atom is -0.316 e. The van der Waals surface area contributed by atoms with E-state index >= 15 is 0 Å². The lowest BCUT2D eigenvalue weighted by atomic mass is 10.1. The van der Waals surface area contributed by atoms with Crippen LogP contribution in [-0.2, 0) is 6.54 Å². The monoisotopic (exact) mass is 254 g/mol. The molecule has 1 heterocycles. The largest absolute Gasteiger partial charge is 0.316 e. The highest BCUT2D eigenvalue weighted by atomic mass is 35.5. The maximum atomic E-state index is 3.36. The van der Waals surface area contributed by atoms with Gasteiger partial charge in [-0.2, -0.15) is 0 Å². The van der Waals surface area contributed by atoms with Crippen molar-refractivity contribution in [1.82, 2.24) is 10.2 Å². The van der Waals surface area contributed by atoms with E-state index in [9.17, 15) is 0 Å². The molecule has 0 radical (unpaired) electrons. The van der Waals surface area contributed by atoms with Gasteiger partial charge in [0.05, 0.1) is 0 Å². The molecular formula is C14H23ClN2. The number of halogens is 1. The second kappa shape index (κ2) is 6.39. The van der Waals surface area contributed by atoms with Gasteiger partial charge in [0.15, 0.2) is 0 Å². The molecule has 1 N–H and O–H groups in total. The third-order valence-electron chi connectivity index (χ3n) is 3.58. The average Bonchev–Trinajstić information content (AvgIpc) is 2.71. The van der Waals surface area contributed by atoms with Gasteiger partial charge in [0.1, 0.15) is 0 Å². The van der Waals surface area contributed by atoms with Crippen LogP contribution in [0.5, 0.6) is 0 Å². The number of likely N-dealkylation sites (tertiary alicyclic amines) is 1. The molecule has 0 saturated carbocycles. The summed E-state index contributed by atoms with van der Waals surface area (Å²) >= 11 is 0. The predicted octanol–water partition coefficient (Wildman–Crippen LogP) is 2.52. The summed E-state index contributed by atoms with van der Waals surface area (Å²) in [5.74, 6) is 0. The molecule has 1 unspecified atom stereocenters. The Labute approximate surface area is 111 Å². The summed E-state index contributed by atoms with van der Waals surface area (Å²) in [6.07, 6.45) is 1.28. The summed E-state index contributed by atoms with van der Waals surface area (Å²) in [6.45, 7) is 7.89. The van der Waals surface area contributed by atoms with Crippen LogP contribution in [0.25, 0.3) is 0 Å². The molecule has 1 aromatic carbocycles. The van der Waals surface area contributed by atoms with Gasteiger partial charge in [-0.1, -0.05) is 23.8 Å². The Hall–Kier alpha value is -0.570. The molecule has 3 heteroatoms. The van der Waals surface area contributed by atoms with E-state index < -0.39 is 0 Å². The van der Waals surface area contributed by atoms with Gasteiger partial charge in [0.25, 0.3) is 0 Å². The van der Waals surface area contributed by atoms with E-state index in [1.165, 1.54) is 36.2 Å². The van der Waals surface area contributed by atoms with Crippen LogP contribution < -0.4 is 5.32 Å². The number of nitrogens with zero attached hydrogens (tertiary/aromatic N) is 1. The van der Waals surface area contributed by atoms with Gasteiger partial charge in [-0.05, 0) is 38.4 Å². The zero-order valence-electron chi connectivity index (χ0n) is 11.0. The van der Waals surface area contributed by atoms with E-state index in [1.807, 2.05) is 0 Å². The van der Waals surface area contributed by atoms with Crippen LogP contribution in [0, 0.1) is 13.8 Å². The SMILES string of the molecule is CNC1CCN(Cc2cc(C)ccc2C)C1.Cl. The van der Waals surface area contributed by atoms with Gasteiger partial charge in [-0.15, -0.1) is 12.4 Å². The molecule has 1 aliphatic heterocycles. The molecule has 1 aromatic rings. The van der Waals surface area contributed by atoms with E-state index in [4.69, 9.17) is 0 Å². The van der Waals surface area contributed by atoms with Crippen molar-refractivity contribution in [3.8, 4) is 0 Å². The van der Waals surface area contributed by atoms with Crippen molar-refractivity contribution >= 4 is 12.4 Å². The van der Waals surface area contributed by atoms with Gasteiger partial charge < -0.3 is 5.32 Å². The van der Waals surface area contributed by atoms with Crippen molar-refractivity contribution in [2.45, 2.75) is 32.9 Å². The second-order valence-electron chi connectivity index (χ2n) is 4.94. The Balaban J connectivity index is 0.00000144. The van der Waals surface area contributed by atoms with Crippen LogP contribution in [0.2, 0.25) is 0 Å². The average molecular weight is 255 g/mol. The Morgan fingerprint density at radius 2 is 2.12 bits per heavy atom. The van der Waals surface area contributed by atoms with Crippen molar-refractivity contribution < 1.29 is 0 Å². The fraction of sp³-hybridized carbons (Fsp3) is 0.571. The third kappa shape index (κ3) is 3.70. The molecule has 1 aliphatic rings. The first-order valence-corrected chi connectivity index (χ1v) is 6.15. The topological polar surface area (TPSA) is 15.3 Å². The van der Waals surface area contributed by atoms with Crippen LogP contribution >= 0.6 is 12.4 Å². The number of aryl methyl sites for hydroxylation is 2. The molecule has 96 valence electrons. The van der Waals surface area contributed by atoms with Crippen molar-refractivity contribution in [2.75, 3.05) is 20.1 Å². The van der Waals surface area contributed by atoms with Crippen LogP contribution in [-0.4, -0.2) is 31.1 Å². The molecule has 1 atom stereocenters. The lowest BCUT2D eigenvalue weighted by Crippen LogP contribution is -2.29. The van der Waals surface area contributed by atoms with Crippen molar-refractivity contribution in [3.63, 3.8) is 0 Å². The highest BCUT2D eigenvalue weighted by Gasteiger charge is 2.20. The zero-order valence-corrected chi connectivity index (χ0v) is 11.8. The van der Waals surface area contributed by atoms with E-state index in [0.717, 1.165) is 6.54 Å². The van der Waals surface area contributed by atoms with Gasteiger partial charge >= 0.3 is 0 Å². The molecule has 1 saturated heterocycles. The van der Waals surface area contributed by atoms with Crippen molar-refractivity contribution in [1.29, 1.82) is 0 Å². The van der Waals surface area contributed by atoms with Crippen LogP contribution in [0.4, 0.5) is 0 Å². The zero-order chi connectivity index (χ0) is 11.5. The molecule has 2 rings (SSSR count). The molecule has 0 aromatic heterocycles. The van der Waals surface area contributed by atoms with Gasteiger partial charge in [-0.3, -0.25) is 4.90 Å². The summed E-state index contributed by atoms with van der Waals surface area (Å²) in [5, 5.41) is 3.36. The highest BCUT2D eigenvalue weighted by molar-refractivity contribution is 5.85. The standard InChI is InChI=1S/C14H22N2.ClH/c1-11-4-5-12(2)13(8-11)9-16-7-6-14(10-16)15-3;/h4-5,8,14-15H,6-7,9-10H2,1-3H3;1H. The molecule has 17 heavy (non-hydrogen) atoms. The number of likely N-dealkylation sites (N-methyl/N-ethyl adjacent to an activating group) is 1. The second-order valence-corrected chi connectivity index (χ2v) is 4.94. The van der Waals surface area contributed by atoms with Crippen LogP contribution in [0.15, 0.2) is 18.2 Å². The van der Waals surface area contributed by atoms with Gasteiger partial charge in [0.2, 0.25) is 0 Å². The maximum absolute atomic E-state index is 3.36. The van der Waals surface area contributed by atoms with Crippen LogP contribution in [0.3, 0.4) is 0 Å². The Bertz CT molecular complexity index is 365. The molecule has 0 amide bonds. The van der Waals surface area contributed by atoms with Crippen molar-refractivity contribution in [3.05, 3.63) is 34.9 Å². The minimum absolute atomic E-state index is 0. The van der Waals surface area contributed by atoms with Crippen molar-refractivity contribution in [2.24, 2.45) is 0 Å². The van der Waals surface area contributed by atoms with E-state index in [-0.39, 0.29) is 12.4 Å². The number of nitrogens with one attached hydrogen (secondary N) is 1. The Morgan fingerprint density at radius 3 is 2.76 bits per heavy atom. The number of hydrogen-bond donors (Lipinski definition) is 1. The van der Waals surface area contributed by atoms with E-state index in [2.05, 4.69) is 49.3 Å². The fourth-order valence-electron chi connectivity index (χ4n) is 2.42. The fourth-order valence-corrected chi connectivity index (χ4v) is 2.42. The molecular weight excluding hydrogens is 232 g/mol. The number of hydrogen-bond acceptors (Lipinski definition) is 2. The summed E-state index contributed by atoms with van der Waals surface area (Å²) in [6, 6.07) is 7.43. The maximum Gasteiger partial charge on any atom is 0.0237 e. The number of benzene rings is 1. The highest BCUT2D eigenvalue weighted by Crippen LogP contribution is 2.17. The van der Waals surface area contributed by atoms with Gasteiger partial charge in [-0.25, -0.2) is 0 Å². The Kier molecular flexibility index (Phi) is 5.44. The quantitative estimate of drug-likeness (QED) is 0.892. The lowest BCUT2D eigenvalue weighted by Gasteiger charge is -2.17.